The van der Waals surface area contributed by atoms with Gasteiger partial charge in [-0.05, 0) is 0 Å². The second-order valence-corrected chi connectivity index (χ2v) is 0. The van der Waals surface area contributed by atoms with E-state index in [1.807, 2.05) is 0 Å². The topological polar surface area (TPSA) is 63.0 Å². The summed E-state index contributed by atoms with van der Waals surface area (Å²) >= 11 is 0. The summed E-state index contributed by atoms with van der Waals surface area (Å²) in [5, 5.41) is 0. The summed E-state index contributed by atoms with van der Waals surface area (Å²) in [5.41, 5.74) is 0. The first-order valence-electron chi connectivity index (χ1n) is 0. The fourth-order valence-electron chi connectivity index (χ4n) is 0. The van der Waals surface area contributed by atoms with Crippen molar-refractivity contribution in [3.8, 4) is 0 Å². The first kappa shape index (κ1) is 52.8. The molecule has 0 bridgehead atoms. The van der Waals surface area contributed by atoms with Gasteiger partial charge in [-0.15, -0.1) is 0 Å². The largest absolute Gasteiger partial charge is 0 e. The molecular weight excluding hydrogens is 114 g/mol. The van der Waals surface area contributed by atoms with Gasteiger partial charge in [0.25, 0.3) is 0 Å². The van der Waals surface area contributed by atoms with Gasteiger partial charge in [0, 0.05) is 16.5 Å². The summed E-state index contributed by atoms with van der Waals surface area (Å²) in [7, 11) is 0. The Morgan fingerprint density at radius 2 is 0.750 bits per heavy atom. The third kappa shape index (κ3) is 9.95. The normalized spacial score (nSPS) is 0. The molecule has 4 heavy (non-hydrogen) atoms. The second kappa shape index (κ2) is 25.7. The Bertz CT molecular complexity index is 6.00. The van der Waals surface area contributed by atoms with Crippen LogP contribution in [0, 0.1) is 0 Å². The van der Waals surface area contributed by atoms with Crippen LogP contribution in [0.2, 0.25) is 0 Å². The van der Waals surface area contributed by atoms with Gasteiger partial charge in [-0.25, -0.2) is 0 Å². The molecular formula is H5NaNiO2. The van der Waals surface area contributed by atoms with Gasteiger partial charge >= 0.3 is 29.6 Å². The van der Waals surface area contributed by atoms with Crippen LogP contribution in [0.5, 0.6) is 0 Å². The Hall–Kier alpha value is 1.41. The van der Waals surface area contributed by atoms with Crippen LogP contribution in [-0.2, 0) is 16.5 Å². The first-order chi connectivity index (χ1) is 0. The Balaban J connectivity index is 0. The van der Waals surface area contributed by atoms with Crippen molar-refractivity contribution < 1.29 is 27.4 Å². The van der Waals surface area contributed by atoms with Crippen molar-refractivity contribution in [3.05, 3.63) is 0 Å². The Morgan fingerprint density at radius 3 is 0.750 bits per heavy atom. The van der Waals surface area contributed by atoms with Gasteiger partial charge in [-0.1, -0.05) is 0 Å². The minimum Gasteiger partial charge on any atom is 0 e. The van der Waals surface area contributed by atoms with E-state index >= 15 is 0 Å². The molecule has 0 rings (SSSR count). The van der Waals surface area contributed by atoms with Gasteiger partial charge < -0.3 is 11.0 Å². The van der Waals surface area contributed by atoms with Crippen LogP contribution in [0.1, 0.15) is 0 Å². The minimum atomic E-state index is 0. The van der Waals surface area contributed by atoms with Crippen molar-refractivity contribution in [3.63, 3.8) is 0 Å². The molecule has 0 fully saturated rings. The molecule has 0 saturated heterocycles. The molecule has 0 aliphatic heterocycles. The van der Waals surface area contributed by atoms with Crippen molar-refractivity contribution in [2.45, 2.75) is 0 Å². The van der Waals surface area contributed by atoms with E-state index in [1.54, 1.807) is 0 Å². The smallest absolute Gasteiger partial charge is 0 e. The fraction of sp³-hybridized carbons (Fsp3) is 0. The van der Waals surface area contributed by atoms with E-state index in [1.165, 1.54) is 0 Å². The molecule has 0 heterocycles. The molecule has 0 aliphatic rings. The van der Waals surface area contributed by atoms with Crippen LogP contribution in [0.25, 0.3) is 0 Å². The summed E-state index contributed by atoms with van der Waals surface area (Å²) in [6.45, 7) is 0. The van der Waals surface area contributed by atoms with Crippen molar-refractivity contribution in [1.29, 1.82) is 0 Å². The molecule has 2 nitrogen and oxygen atoms in total. The Morgan fingerprint density at radius 1 is 0.750 bits per heavy atom. The molecule has 0 unspecified atom stereocenters. The third-order valence-electron chi connectivity index (χ3n) is 0. The molecule has 0 spiro atoms. The van der Waals surface area contributed by atoms with E-state index in [4.69, 9.17) is 0 Å². The molecule has 0 aromatic rings. The molecule has 0 amide bonds. The average molecular weight is 119 g/mol. The molecule has 0 atom stereocenters. The molecule has 0 aliphatic carbocycles. The maximum Gasteiger partial charge on any atom is 0 e. The molecule has 28 valence electrons. The predicted molar refractivity (Wildman–Crippen MR) is 14.4 cm³/mol. The molecule has 0 aromatic heterocycles. The number of hydrogen-bond donors (Lipinski definition) is 0. The van der Waals surface area contributed by atoms with Crippen LogP contribution in [0.4, 0.5) is 0 Å². The van der Waals surface area contributed by atoms with Crippen molar-refractivity contribution >= 4 is 29.6 Å². The summed E-state index contributed by atoms with van der Waals surface area (Å²) in [6.07, 6.45) is 0. The predicted octanol–water partition coefficient (Wildman–Crippen LogP) is -2.30. The van der Waals surface area contributed by atoms with Crippen molar-refractivity contribution in [2.75, 3.05) is 0 Å². The molecule has 0 saturated carbocycles. The third-order valence-corrected chi connectivity index (χ3v) is 0. The van der Waals surface area contributed by atoms with Crippen molar-refractivity contribution in [1.82, 2.24) is 0 Å². The van der Waals surface area contributed by atoms with E-state index in [2.05, 4.69) is 0 Å². The zero-order chi connectivity index (χ0) is 0. The first-order valence-corrected chi connectivity index (χ1v) is 0. The maximum absolute atomic E-state index is 0. The maximum atomic E-state index is 0. The Labute approximate surface area is 56.8 Å². The van der Waals surface area contributed by atoms with Gasteiger partial charge in [0.1, 0.15) is 0 Å². The summed E-state index contributed by atoms with van der Waals surface area (Å²) in [5.74, 6) is 0. The van der Waals surface area contributed by atoms with Crippen LogP contribution < -0.4 is 0 Å². The van der Waals surface area contributed by atoms with E-state index in [0.29, 0.717) is 0 Å². The minimum absolute atomic E-state index is 0. The summed E-state index contributed by atoms with van der Waals surface area (Å²) in [4.78, 5) is 0. The van der Waals surface area contributed by atoms with E-state index in [9.17, 15) is 0 Å². The van der Waals surface area contributed by atoms with Crippen LogP contribution >= 0.6 is 0 Å². The standard InChI is InChI=1S/Na.Ni.2H2O.H/h;;2*1H2;. The molecule has 0 radical (unpaired) electrons. The molecule has 0 aromatic carbocycles. The number of hydrogen-bond acceptors (Lipinski definition) is 0. The van der Waals surface area contributed by atoms with Crippen molar-refractivity contribution in [2.24, 2.45) is 0 Å². The van der Waals surface area contributed by atoms with Gasteiger partial charge in [-0.2, -0.15) is 0 Å². The summed E-state index contributed by atoms with van der Waals surface area (Å²) < 4.78 is 0. The second-order valence-electron chi connectivity index (χ2n) is 0. The van der Waals surface area contributed by atoms with Gasteiger partial charge in [-0.3, -0.25) is 0 Å². The van der Waals surface area contributed by atoms with Crippen LogP contribution in [-0.4, -0.2) is 40.5 Å². The fourth-order valence-corrected chi connectivity index (χ4v) is 0. The molecule has 4 N–H and O–H groups in total. The quantitative estimate of drug-likeness (QED) is 0.322. The SMILES string of the molecule is O.O.[NaH].[Ni]. The van der Waals surface area contributed by atoms with E-state index < -0.39 is 0 Å². The monoisotopic (exact) mass is 118 g/mol. The van der Waals surface area contributed by atoms with Crippen LogP contribution in [0.3, 0.4) is 0 Å². The van der Waals surface area contributed by atoms with E-state index in [-0.39, 0.29) is 57.0 Å². The van der Waals surface area contributed by atoms with Gasteiger partial charge in [0.2, 0.25) is 0 Å². The van der Waals surface area contributed by atoms with Gasteiger partial charge in [0.05, 0.1) is 0 Å². The van der Waals surface area contributed by atoms with Gasteiger partial charge in [0.15, 0.2) is 0 Å². The zero-order valence-electron chi connectivity index (χ0n) is 1.32. The Kier molecular flexibility index (Phi) is 340. The zero-order valence-corrected chi connectivity index (χ0v) is 2.30. The summed E-state index contributed by atoms with van der Waals surface area (Å²) in [6, 6.07) is 0. The average Bonchev–Trinajstić information content (AvgIpc) is 0. The molecule has 4 heteroatoms. The van der Waals surface area contributed by atoms with Crippen LogP contribution in [0.15, 0.2) is 0 Å². The van der Waals surface area contributed by atoms with E-state index in [0.717, 1.165) is 0 Å². The number of rotatable bonds is 0.